The van der Waals surface area contributed by atoms with Crippen molar-refractivity contribution < 1.29 is 4.74 Å². The lowest BCUT2D eigenvalue weighted by molar-refractivity contribution is 0.261. The Hall–Kier alpha value is -0.290. The SMILES string of the molecule is CN(C)CCOc1ccc(I)cc1. The molecule has 1 aromatic rings. The molecule has 0 heterocycles. The molecule has 0 saturated heterocycles. The Morgan fingerprint density at radius 2 is 1.85 bits per heavy atom. The Morgan fingerprint density at radius 3 is 2.38 bits per heavy atom. The molecule has 0 amide bonds. The molecule has 0 bridgehead atoms. The summed E-state index contributed by atoms with van der Waals surface area (Å²) in [4.78, 5) is 2.10. The smallest absolute Gasteiger partial charge is 0.119 e. The Morgan fingerprint density at radius 1 is 1.23 bits per heavy atom. The molecule has 0 aliphatic carbocycles. The largest absolute Gasteiger partial charge is 0.492 e. The van der Waals surface area contributed by atoms with Crippen molar-refractivity contribution in [3.63, 3.8) is 0 Å². The van der Waals surface area contributed by atoms with Crippen LogP contribution in [-0.2, 0) is 0 Å². The van der Waals surface area contributed by atoms with Crippen molar-refractivity contribution in [1.29, 1.82) is 0 Å². The van der Waals surface area contributed by atoms with Crippen LogP contribution in [0.3, 0.4) is 0 Å². The molecule has 0 aliphatic heterocycles. The van der Waals surface area contributed by atoms with Crippen LogP contribution in [0.5, 0.6) is 5.75 Å². The third kappa shape index (κ3) is 4.47. The molecule has 0 aromatic heterocycles. The summed E-state index contributed by atoms with van der Waals surface area (Å²) >= 11 is 2.28. The Kier molecular flexibility index (Phi) is 4.52. The normalized spacial score (nSPS) is 10.5. The second-order valence-corrected chi connectivity index (χ2v) is 4.35. The first-order valence-electron chi connectivity index (χ1n) is 4.21. The predicted molar refractivity (Wildman–Crippen MR) is 63.2 cm³/mol. The molecule has 0 atom stereocenters. The minimum atomic E-state index is 0.744. The molecule has 1 aromatic carbocycles. The van der Waals surface area contributed by atoms with Gasteiger partial charge in [-0.25, -0.2) is 0 Å². The molecule has 0 radical (unpaired) electrons. The fraction of sp³-hybridized carbons (Fsp3) is 0.400. The highest BCUT2D eigenvalue weighted by Crippen LogP contribution is 2.13. The first kappa shape index (κ1) is 10.8. The molecule has 1 rings (SSSR count). The predicted octanol–water partition coefficient (Wildman–Crippen LogP) is 2.23. The van der Waals surface area contributed by atoms with Crippen LogP contribution in [0.15, 0.2) is 24.3 Å². The highest BCUT2D eigenvalue weighted by atomic mass is 127. The minimum absolute atomic E-state index is 0.744. The van der Waals surface area contributed by atoms with E-state index in [2.05, 4.69) is 27.5 Å². The Bertz CT molecular complexity index is 246. The summed E-state index contributed by atoms with van der Waals surface area (Å²) in [6, 6.07) is 8.09. The molecular formula is C10H14INO. The van der Waals surface area contributed by atoms with E-state index >= 15 is 0 Å². The third-order valence-electron chi connectivity index (χ3n) is 1.62. The van der Waals surface area contributed by atoms with Crippen molar-refractivity contribution in [3.8, 4) is 5.75 Å². The molecule has 2 nitrogen and oxygen atoms in total. The van der Waals surface area contributed by atoms with E-state index < -0.39 is 0 Å². The second kappa shape index (κ2) is 5.44. The molecule has 0 aliphatic rings. The molecular weight excluding hydrogens is 277 g/mol. The average molecular weight is 291 g/mol. The summed E-state index contributed by atoms with van der Waals surface area (Å²) in [7, 11) is 4.08. The van der Waals surface area contributed by atoms with Crippen molar-refractivity contribution in [2.24, 2.45) is 0 Å². The number of ether oxygens (including phenoxy) is 1. The number of hydrogen-bond acceptors (Lipinski definition) is 2. The van der Waals surface area contributed by atoms with Crippen LogP contribution in [0.4, 0.5) is 0 Å². The van der Waals surface area contributed by atoms with Crippen molar-refractivity contribution in [1.82, 2.24) is 4.90 Å². The van der Waals surface area contributed by atoms with Gasteiger partial charge in [0.05, 0.1) is 0 Å². The lowest BCUT2D eigenvalue weighted by Crippen LogP contribution is -2.19. The van der Waals surface area contributed by atoms with Crippen LogP contribution >= 0.6 is 22.6 Å². The zero-order valence-electron chi connectivity index (χ0n) is 7.96. The van der Waals surface area contributed by atoms with Crippen molar-refractivity contribution >= 4 is 22.6 Å². The lowest BCUT2D eigenvalue weighted by atomic mass is 10.3. The number of halogens is 1. The summed E-state index contributed by atoms with van der Waals surface area (Å²) < 4.78 is 6.76. The van der Waals surface area contributed by atoms with Crippen LogP contribution in [0, 0.1) is 3.57 Å². The zero-order chi connectivity index (χ0) is 9.68. The molecule has 0 saturated carbocycles. The van der Waals surface area contributed by atoms with Gasteiger partial charge < -0.3 is 9.64 Å². The quantitative estimate of drug-likeness (QED) is 0.789. The van der Waals surface area contributed by atoms with E-state index in [4.69, 9.17) is 4.74 Å². The van der Waals surface area contributed by atoms with Crippen LogP contribution in [0.2, 0.25) is 0 Å². The first-order chi connectivity index (χ1) is 6.18. The van der Waals surface area contributed by atoms with Gasteiger partial charge in [-0.1, -0.05) is 0 Å². The summed E-state index contributed by atoms with van der Waals surface area (Å²) in [6.45, 7) is 1.69. The molecule has 0 N–H and O–H groups in total. The van der Waals surface area contributed by atoms with Crippen LogP contribution in [0.1, 0.15) is 0 Å². The van der Waals surface area contributed by atoms with E-state index in [1.807, 2.05) is 38.4 Å². The molecule has 0 unspecified atom stereocenters. The number of likely N-dealkylation sites (N-methyl/N-ethyl adjacent to an activating group) is 1. The number of rotatable bonds is 4. The molecule has 13 heavy (non-hydrogen) atoms. The average Bonchev–Trinajstić information content (AvgIpc) is 2.08. The van der Waals surface area contributed by atoms with Gasteiger partial charge in [-0.05, 0) is 61.0 Å². The summed E-state index contributed by atoms with van der Waals surface area (Å²) in [5.41, 5.74) is 0. The molecule has 72 valence electrons. The highest BCUT2D eigenvalue weighted by Gasteiger charge is 1.93. The van der Waals surface area contributed by atoms with E-state index in [0.29, 0.717) is 0 Å². The van der Waals surface area contributed by atoms with Crippen LogP contribution < -0.4 is 4.74 Å². The van der Waals surface area contributed by atoms with Gasteiger partial charge in [0.15, 0.2) is 0 Å². The van der Waals surface area contributed by atoms with Gasteiger partial charge in [-0.2, -0.15) is 0 Å². The topological polar surface area (TPSA) is 12.5 Å². The zero-order valence-corrected chi connectivity index (χ0v) is 10.1. The minimum Gasteiger partial charge on any atom is -0.492 e. The summed E-state index contributed by atoms with van der Waals surface area (Å²) in [5, 5.41) is 0. The van der Waals surface area contributed by atoms with Crippen LogP contribution in [0.25, 0.3) is 0 Å². The van der Waals surface area contributed by atoms with E-state index in [0.717, 1.165) is 18.9 Å². The summed E-state index contributed by atoms with van der Waals surface area (Å²) in [5.74, 6) is 0.947. The van der Waals surface area contributed by atoms with Gasteiger partial charge in [0, 0.05) is 10.1 Å². The van der Waals surface area contributed by atoms with Gasteiger partial charge in [0.1, 0.15) is 12.4 Å². The first-order valence-corrected chi connectivity index (χ1v) is 5.29. The monoisotopic (exact) mass is 291 g/mol. The van der Waals surface area contributed by atoms with Gasteiger partial charge in [0.2, 0.25) is 0 Å². The maximum atomic E-state index is 5.53. The van der Waals surface area contributed by atoms with E-state index in [1.165, 1.54) is 3.57 Å². The van der Waals surface area contributed by atoms with Gasteiger partial charge in [0.25, 0.3) is 0 Å². The van der Waals surface area contributed by atoms with Gasteiger partial charge >= 0.3 is 0 Å². The fourth-order valence-corrected chi connectivity index (χ4v) is 1.24. The van der Waals surface area contributed by atoms with Crippen molar-refractivity contribution in [2.75, 3.05) is 27.2 Å². The standard InChI is InChI=1S/C10H14INO/c1-12(2)7-8-13-10-5-3-9(11)4-6-10/h3-6H,7-8H2,1-2H3. The lowest BCUT2D eigenvalue weighted by Gasteiger charge is -2.10. The molecule has 3 heteroatoms. The van der Waals surface area contributed by atoms with Gasteiger partial charge in [-0.3, -0.25) is 0 Å². The molecule has 0 fully saturated rings. The molecule has 0 spiro atoms. The Balaban J connectivity index is 2.33. The van der Waals surface area contributed by atoms with E-state index in [1.54, 1.807) is 0 Å². The summed E-state index contributed by atoms with van der Waals surface area (Å²) in [6.07, 6.45) is 0. The van der Waals surface area contributed by atoms with Crippen molar-refractivity contribution in [3.05, 3.63) is 27.8 Å². The number of nitrogens with zero attached hydrogens (tertiary/aromatic N) is 1. The van der Waals surface area contributed by atoms with E-state index in [-0.39, 0.29) is 0 Å². The van der Waals surface area contributed by atoms with E-state index in [9.17, 15) is 0 Å². The Labute approximate surface area is 93.0 Å². The number of benzene rings is 1. The number of hydrogen-bond donors (Lipinski definition) is 0. The maximum Gasteiger partial charge on any atom is 0.119 e. The van der Waals surface area contributed by atoms with Crippen LogP contribution in [-0.4, -0.2) is 32.1 Å². The highest BCUT2D eigenvalue weighted by molar-refractivity contribution is 14.1. The second-order valence-electron chi connectivity index (χ2n) is 3.11. The van der Waals surface area contributed by atoms with Gasteiger partial charge in [-0.15, -0.1) is 0 Å². The third-order valence-corrected chi connectivity index (χ3v) is 2.34. The fourth-order valence-electron chi connectivity index (χ4n) is 0.877. The van der Waals surface area contributed by atoms with Crippen molar-refractivity contribution in [2.45, 2.75) is 0 Å². The maximum absolute atomic E-state index is 5.53.